The summed E-state index contributed by atoms with van der Waals surface area (Å²) >= 11 is 0. The molecule has 0 spiro atoms. The maximum Gasteiger partial charge on any atom is 0.337 e. The van der Waals surface area contributed by atoms with Gasteiger partial charge in [-0.1, -0.05) is 12.1 Å². The predicted molar refractivity (Wildman–Crippen MR) is 95.0 cm³/mol. The van der Waals surface area contributed by atoms with Crippen LogP contribution in [0.2, 0.25) is 0 Å². The van der Waals surface area contributed by atoms with Gasteiger partial charge in [0.25, 0.3) is 10.0 Å². The zero-order chi connectivity index (χ0) is 18.9. The Kier molecular flexibility index (Phi) is 4.88. The van der Waals surface area contributed by atoms with E-state index < -0.39 is 22.1 Å². The maximum absolute atomic E-state index is 13.2. The third-order valence-electron chi connectivity index (χ3n) is 4.09. The number of aliphatic hydroxyl groups excluding tert-OH is 1. The first-order valence-electron chi connectivity index (χ1n) is 7.96. The van der Waals surface area contributed by atoms with Crippen molar-refractivity contribution in [1.82, 2.24) is 0 Å². The molecule has 0 radical (unpaired) electrons. The van der Waals surface area contributed by atoms with Crippen molar-refractivity contribution >= 4 is 21.7 Å². The highest BCUT2D eigenvalue weighted by Crippen LogP contribution is 2.38. The summed E-state index contributed by atoms with van der Waals surface area (Å²) in [5.41, 5.74) is 1.25. The fraction of sp³-hybridized carbons (Fsp3) is 0.278. The number of carbonyl (C=O) groups is 1. The van der Waals surface area contributed by atoms with E-state index in [9.17, 15) is 18.3 Å². The predicted octanol–water partition coefficient (Wildman–Crippen LogP) is 1.73. The van der Waals surface area contributed by atoms with Gasteiger partial charge in [0.15, 0.2) is 0 Å². The number of anilines is 1. The molecule has 8 heteroatoms. The minimum atomic E-state index is -3.90. The van der Waals surface area contributed by atoms with E-state index in [-0.39, 0.29) is 35.0 Å². The second-order valence-electron chi connectivity index (χ2n) is 5.95. The molecule has 2 aromatic rings. The Morgan fingerprint density at radius 2 is 2.08 bits per heavy atom. The van der Waals surface area contributed by atoms with E-state index in [1.54, 1.807) is 25.1 Å². The molecule has 0 unspecified atom stereocenters. The van der Waals surface area contributed by atoms with Gasteiger partial charge in [-0.25, -0.2) is 13.2 Å². The van der Waals surface area contributed by atoms with Crippen molar-refractivity contribution in [3.8, 4) is 5.75 Å². The fourth-order valence-corrected chi connectivity index (χ4v) is 4.39. The Hall–Kier alpha value is -2.58. The molecule has 1 heterocycles. The number of aryl methyl sites for hydroxylation is 1. The smallest absolute Gasteiger partial charge is 0.337 e. The fourth-order valence-electron chi connectivity index (χ4n) is 2.78. The second-order valence-corrected chi connectivity index (χ2v) is 7.81. The zero-order valence-corrected chi connectivity index (χ0v) is 15.2. The number of esters is 1. The molecule has 26 heavy (non-hydrogen) atoms. The van der Waals surface area contributed by atoms with Crippen molar-refractivity contribution < 1.29 is 27.8 Å². The molecule has 0 aliphatic carbocycles. The summed E-state index contributed by atoms with van der Waals surface area (Å²) in [5.74, 6) is -0.302. The summed E-state index contributed by atoms with van der Waals surface area (Å²) < 4.78 is 37.9. The van der Waals surface area contributed by atoms with Gasteiger partial charge in [-0.2, -0.15) is 0 Å². The van der Waals surface area contributed by atoms with Gasteiger partial charge >= 0.3 is 5.97 Å². The average molecular weight is 377 g/mol. The lowest BCUT2D eigenvalue weighted by Gasteiger charge is -2.35. The molecule has 0 bridgehead atoms. The summed E-state index contributed by atoms with van der Waals surface area (Å²) in [5, 5.41) is 9.48. The highest BCUT2D eigenvalue weighted by atomic mass is 32.2. The molecule has 1 atom stereocenters. The molecule has 138 valence electrons. The molecule has 0 saturated heterocycles. The van der Waals surface area contributed by atoms with E-state index >= 15 is 0 Å². The molecule has 3 rings (SSSR count). The van der Waals surface area contributed by atoms with E-state index in [4.69, 9.17) is 9.47 Å². The van der Waals surface area contributed by atoms with Crippen LogP contribution in [-0.2, 0) is 14.8 Å². The molecular formula is C18H19NO6S. The van der Waals surface area contributed by atoms with E-state index in [1.807, 2.05) is 0 Å². The Morgan fingerprint density at radius 3 is 2.73 bits per heavy atom. The molecule has 2 aromatic carbocycles. The number of aliphatic hydroxyl groups is 1. The average Bonchev–Trinajstić information content (AvgIpc) is 2.65. The summed E-state index contributed by atoms with van der Waals surface area (Å²) in [6, 6.07) is 11.0. The van der Waals surface area contributed by atoms with Crippen LogP contribution < -0.4 is 9.04 Å². The van der Waals surface area contributed by atoms with Crippen LogP contribution >= 0.6 is 0 Å². The van der Waals surface area contributed by atoms with Crippen LogP contribution in [0.4, 0.5) is 5.69 Å². The number of hydrogen-bond donors (Lipinski definition) is 1. The lowest BCUT2D eigenvalue weighted by Crippen LogP contribution is -2.45. The van der Waals surface area contributed by atoms with Crippen molar-refractivity contribution in [1.29, 1.82) is 0 Å². The molecule has 0 saturated carbocycles. The van der Waals surface area contributed by atoms with E-state index in [0.717, 1.165) is 9.87 Å². The number of carbonyl (C=O) groups excluding carboxylic acids is 1. The minimum absolute atomic E-state index is 0.0651. The Morgan fingerprint density at radius 1 is 1.31 bits per heavy atom. The highest BCUT2D eigenvalue weighted by molar-refractivity contribution is 7.92. The molecule has 1 aliphatic heterocycles. The third-order valence-corrected chi connectivity index (χ3v) is 5.87. The normalized spacial score (nSPS) is 16.6. The second kappa shape index (κ2) is 6.97. The van der Waals surface area contributed by atoms with Gasteiger partial charge in [0.2, 0.25) is 0 Å². The monoisotopic (exact) mass is 377 g/mol. The molecule has 7 nitrogen and oxygen atoms in total. The number of nitrogens with zero attached hydrogens (tertiary/aromatic N) is 1. The summed E-state index contributed by atoms with van der Waals surface area (Å²) in [6.45, 7) is 1.40. The zero-order valence-electron chi connectivity index (χ0n) is 14.4. The van der Waals surface area contributed by atoms with Crippen LogP contribution in [0, 0.1) is 6.92 Å². The van der Waals surface area contributed by atoms with Crippen molar-refractivity contribution in [2.75, 3.05) is 24.6 Å². The molecule has 0 fully saturated rings. The van der Waals surface area contributed by atoms with Crippen LogP contribution in [0.3, 0.4) is 0 Å². The van der Waals surface area contributed by atoms with Gasteiger partial charge in [-0.15, -0.1) is 0 Å². The molecule has 0 amide bonds. The number of sulfonamides is 1. The van der Waals surface area contributed by atoms with Gasteiger partial charge in [-0.05, 0) is 42.8 Å². The largest absolute Gasteiger partial charge is 0.484 e. The quantitative estimate of drug-likeness (QED) is 0.816. The summed E-state index contributed by atoms with van der Waals surface area (Å²) in [6.07, 6.45) is -0.703. The van der Waals surface area contributed by atoms with Gasteiger partial charge in [-0.3, -0.25) is 4.31 Å². The van der Waals surface area contributed by atoms with Crippen molar-refractivity contribution in [2.45, 2.75) is 17.9 Å². The summed E-state index contributed by atoms with van der Waals surface area (Å²) in [7, 11) is -2.65. The molecular weight excluding hydrogens is 358 g/mol. The molecule has 0 aromatic heterocycles. The number of ether oxygens (including phenoxy) is 2. The summed E-state index contributed by atoms with van der Waals surface area (Å²) in [4.78, 5) is 11.9. The van der Waals surface area contributed by atoms with Crippen LogP contribution in [0.1, 0.15) is 15.9 Å². The first-order chi connectivity index (χ1) is 12.4. The number of fused-ring (bicyclic) bond motifs is 1. The van der Waals surface area contributed by atoms with Crippen molar-refractivity contribution in [3.05, 3.63) is 53.6 Å². The number of methoxy groups -OCH3 is 1. The maximum atomic E-state index is 13.2. The number of hydrogen-bond acceptors (Lipinski definition) is 6. The van der Waals surface area contributed by atoms with Crippen LogP contribution in [0.5, 0.6) is 5.75 Å². The van der Waals surface area contributed by atoms with Crippen LogP contribution in [-0.4, -0.2) is 45.9 Å². The Balaban J connectivity index is 2.13. The Labute approximate surface area is 151 Å². The number of rotatable bonds is 4. The van der Waals surface area contributed by atoms with Gasteiger partial charge in [0.1, 0.15) is 11.9 Å². The highest BCUT2D eigenvalue weighted by Gasteiger charge is 2.35. The van der Waals surface area contributed by atoms with E-state index in [0.29, 0.717) is 0 Å². The topological polar surface area (TPSA) is 93.1 Å². The van der Waals surface area contributed by atoms with Gasteiger partial charge < -0.3 is 14.6 Å². The van der Waals surface area contributed by atoms with Crippen molar-refractivity contribution in [2.24, 2.45) is 0 Å². The van der Waals surface area contributed by atoms with Gasteiger partial charge in [0.05, 0.1) is 36.4 Å². The first kappa shape index (κ1) is 18.2. The third kappa shape index (κ3) is 3.25. The standard InChI is InChI=1S/C18H19NO6S/c1-12-4-3-5-15(8-12)26(22,23)19-10-14(11-20)25-17-7-6-13(9-16(17)19)18(21)24-2/h3-9,14,20H,10-11H2,1-2H3/t14-/m0/s1. The van der Waals surface area contributed by atoms with Crippen LogP contribution in [0.25, 0.3) is 0 Å². The molecule has 1 N–H and O–H groups in total. The minimum Gasteiger partial charge on any atom is -0.484 e. The lowest BCUT2D eigenvalue weighted by molar-refractivity contribution is 0.0600. The first-order valence-corrected chi connectivity index (χ1v) is 9.40. The van der Waals surface area contributed by atoms with E-state index in [2.05, 4.69) is 0 Å². The van der Waals surface area contributed by atoms with Crippen LogP contribution in [0.15, 0.2) is 47.4 Å². The number of benzene rings is 2. The van der Waals surface area contributed by atoms with Gasteiger partial charge in [0, 0.05) is 0 Å². The SMILES string of the molecule is COC(=O)c1ccc2c(c1)N(S(=O)(=O)c1cccc(C)c1)C[C@@H](CO)O2. The van der Waals surface area contributed by atoms with Crippen molar-refractivity contribution in [3.63, 3.8) is 0 Å². The lowest BCUT2D eigenvalue weighted by atomic mass is 10.1. The Bertz CT molecular complexity index is 940. The van der Waals surface area contributed by atoms with E-state index in [1.165, 1.54) is 31.4 Å². The molecule has 1 aliphatic rings.